The normalized spacial score (nSPS) is 14.2. The standard InChI is InChI=1S/C15H20N2O3/c1-12-3-2-4-13(11-12)5-6-14(18)16-7-8-17-9-10-20-15(17)19/h2-4,11H,5-10H2,1H3,(H,16,18). The van der Waals surface area contributed by atoms with Gasteiger partial charge in [-0.15, -0.1) is 0 Å². The number of benzene rings is 1. The van der Waals surface area contributed by atoms with Crippen LogP contribution < -0.4 is 5.32 Å². The van der Waals surface area contributed by atoms with Gasteiger partial charge in [-0.05, 0) is 18.9 Å². The molecule has 0 bridgehead atoms. The molecular formula is C15H20N2O3. The predicted molar refractivity (Wildman–Crippen MR) is 75.4 cm³/mol. The Kier molecular flexibility index (Phi) is 4.98. The van der Waals surface area contributed by atoms with Crippen molar-refractivity contribution in [2.45, 2.75) is 19.8 Å². The SMILES string of the molecule is Cc1cccc(CCC(=O)NCCN2CCOC2=O)c1. The van der Waals surface area contributed by atoms with Gasteiger partial charge in [0.15, 0.2) is 0 Å². The highest BCUT2D eigenvalue weighted by molar-refractivity contribution is 5.76. The van der Waals surface area contributed by atoms with E-state index in [1.165, 1.54) is 11.1 Å². The van der Waals surface area contributed by atoms with E-state index in [2.05, 4.69) is 11.4 Å². The molecule has 5 nitrogen and oxygen atoms in total. The Balaban J connectivity index is 1.64. The van der Waals surface area contributed by atoms with E-state index >= 15 is 0 Å². The summed E-state index contributed by atoms with van der Waals surface area (Å²) in [6.07, 6.45) is 0.909. The van der Waals surface area contributed by atoms with Gasteiger partial charge in [0.05, 0.1) is 6.54 Å². The molecule has 1 aromatic rings. The molecule has 2 rings (SSSR count). The van der Waals surface area contributed by atoms with Crippen LogP contribution in [0.4, 0.5) is 4.79 Å². The number of carbonyl (C=O) groups is 2. The fourth-order valence-corrected chi connectivity index (χ4v) is 2.17. The Hall–Kier alpha value is -2.04. The molecule has 1 aromatic carbocycles. The lowest BCUT2D eigenvalue weighted by molar-refractivity contribution is -0.121. The van der Waals surface area contributed by atoms with Gasteiger partial charge >= 0.3 is 6.09 Å². The van der Waals surface area contributed by atoms with Crippen molar-refractivity contribution >= 4 is 12.0 Å². The second-order valence-electron chi connectivity index (χ2n) is 4.94. The van der Waals surface area contributed by atoms with Gasteiger partial charge < -0.3 is 15.0 Å². The molecule has 1 N–H and O–H groups in total. The van der Waals surface area contributed by atoms with E-state index in [-0.39, 0.29) is 12.0 Å². The number of hydrogen-bond donors (Lipinski definition) is 1. The lowest BCUT2D eigenvalue weighted by Crippen LogP contribution is -2.35. The summed E-state index contributed by atoms with van der Waals surface area (Å²) in [6, 6.07) is 8.16. The minimum Gasteiger partial charge on any atom is -0.448 e. The van der Waals surface area contributed by atoms with Gasteiger partial charge in [-0.2, -0.15) is 0 Å². The number of rotatable bonds is 6. The van der Waals surface area contributed by atoms with Crippen LogP contribution in [-0.2, 0) is 16.0 Å². The number of nitrogens with zero attached hydrogens (tertiary/aromatic N) is 1. The maximum absolute atomic E-state index is 11.7. The maximum Gasteiger partial charge on any atom is 0.409 e. The van der Waals surface area contributed by atoms with Crippen LogP contribution in [0.3, 0.4) is 0 Å². The Morgan fingerprint density at radius 3 is 3.00 bits per heavy atom. The third-order valence-electron chi connectivity index (χ3n) is 3.27. The number of hydrogen-bond acceptors (Lipinski definition) is 3. The molecule has 0 aromatic heterocycles. The quantitative estimate of drug-likeness (QED) is 0.856. The molecule has 1 heterocycles. The molecule has 1 saturated heterocycles. The van der Waals surface area contributed by atoms with Gasteiger partial charge in [0, 0.05) is 19.5 Å². The predicted octanol–water partition coefficient (Wildman–Crippen LogP) is 1.50. The zero-order chi connectivity index (χ0) is 14.4. The van der Waals surface area contributed by atoms with Crippen LogP contribution in [0, 0.1) is 6.92 Å². The van der Waals surface area contributed by atoms with E-state index in [9.17, 15) is 9.59 Å². The Labute approximate surface area is 118 Å². The van der Waals surface area contributed by atoms with Crippen molar-refractivity contribution in [1.82, 2.24) is 10.2 Å². The average Bonchev–Trinajstić information content (AvgIpc) is 2.82. The molecule has 5 heteroatoms. The second-order valence-corrected chi connectivity index (χ2v) is 4.94. The molecule has 0 unspecified atom stereocenters. The maximum atomic E-state index is 11.7. The lowest BCUT2D eigenvalue weighted by Gasteiger charge is -2.12. The van der Waals surface area contributed by atoms with E-state index in [0.29, 0.717) is 32.7 Å². The number of cyclic esters (lactones) is 1. The van der Waals surface area contributed by atoms with E-state index in [0.717, 1.165) is 6.42 Å². The summed E-state index contributed by atoms with van der Waals surface area (Å²) in [4.78, 5) is 24.5. The monoisotopic (exact) mass is 276 g/mol. The van der Waals surface area contributed by atoms with Gasteiger partial charge in [0.1, 0.15) is 6.61 Å². The Morgan fingerprint density at radius 1 is 1.45 bits per heavy atom. The molecule has 1 fully saturated rings. The summed E-state index contributed by atoms with van der Waals surface area (Å²) in [5.41, 5.74) is 2.37. The van der Waals surface area contributed by atoms with Gasteiger partial charge in [0.25, 0.3) is 0 Å². The molecule has 0 saturated carbocycles. The summed E-state index contributed by atoms with van der Waals surface area (Å²) in [5, 5.41) is 2.83. The van der Waals surface area contributed by atoms with Crippen molar-refractivity contribution in [1.29, 1.82) is 0 Å². The number of carbonyl (C=O) groups excluding carboxylic acids is 2. The Bertz CT molecular complexity index is 488. The molecule has 1 aliphatic rings. The zero-order valence-corrected chi connectivity index (χ0v) is 11.7. The van der Waals surface area contributed by atoms with Crippen molar-refractivity contribution in [3.63, 3.8) is 0 Å². The summed E-state index contributed by atoms with van der Waals surface area (Å²) in [5.74, 6) is 0.0130. The molecule has 0 atom stereocenters. The number of aryl methyl sites for hydroxylation is 2. The molecular weight excluding hydrogens is 256 g/mol. The minimum atomic E-state index is -0.293. The third-order valence-corrected chi connectivity index (χ3v) is 3.27. The van der Waals surface area contributed by atoms with Gasteiger partial charge in [-0.3, -0.25) is 4.79 Å². The largest absolute Gasteiger partial charge is 0.448 e. The van der Waals surface area contributed by atoms with Crippen LogP contribution >= 0.6 is 0 Å². The molecule has 108 valence electrons. The van der Waals surface area contributed by atoms with Crippen molar-refractivity contribution in [3.8, 4) is 0 Å². The second kappa shape index (κ2) is 6.93. The average molecular weight is 276 g/mol. The molecule has 0 aliphatic carbocycles. The fourth-order valence-electron chi connectivity index (χ4n) is 2.17. The van der Waals surface area contributed by atoms with E-state index in [1.807, 2.05) is 25.1 Å². The molecule has 2 amide bonds. The number of ether oxygens (including phenoxy) is 1. The Morgan fingerprint density at radius 2 is 2.30 bits per heavy atom. The van der Waals surface area contributed by atoms with Crippen LogP contribution in [0.15, 0.2) is 24.3 Å². The van der Waals surface area contributed by atoms with Gasteiger partial charge in [-0.1, -0.05) is 29.8 Å². The number of nitrogens with one attached hydrogen (secondary N) is 1. The lowest BCUT2D eigenvalue weighted by atomic mass is 10.1. The minimum absolute atomic E-state index is 0.0130. The fraction of sp³-hybridized carbons (Fsp3) is 0.467. The van der Waals surface area contributed by atoms with Crippen molar-refractivity contribution in [3.05, 3.63) is 35.4 Å². The van der Waals surface area contributed by atoms with Crippen LogP contribution in [0.25, 0.3) is 0 Å². The van der Waals surface area contributed by atoms with E-state index in [4.69, 9.17) is 4.74 Å². The topological polar surface area (TPSA) is 58.6 Å². The molecule has 1 aliphatic heterocycles. The van der Waals surface area contributed by atoms with Crippen LogP contribution in [0.1, 0.15) is 17.5 Å². The van der Waals surface area contributed by atoms with E-state index < -0.39 is 0 Å². The summed E-state index contributed by atoms with van der Waals surface area (Å²) >= 11 is 0. The first kappa shape index (κ1) is 14.4. The zero-order valence-electron chi connectivity index (χ0n) is 11.7. The van der Waals surface area contributed by atoms with Crippen LogP contribution in [0.5, 0.6) is 0 Å². The smallest absolute Gasteiger partial charge is 0.409 e. The van der Waals surface area contributed by atoms with Gasteiger partial charge in [0.2, 0.25) is 5.91 Å². The first-order valence-electron chi connectivity index (χ1n) is 6.89. The summed E-state index contributed by atoms with van der Waals surface area (Å²) < 4.78 is 4.81. The molecule has 20 heavy (non-hydrogen) atoms. The highest BCUT2D eigenvalue weighted by Gasteiger charge is 2.20. The van der Waals surface area contributed by atoms with Crippen molar-refractivity contribution in [2.24, 2.45) is 0 Å². The number of amides is 2. The first-order valence-corrected chi connectivity index (χ1v) is 6.89. The molecule has 0 radical (unpaired) electrons. The van der Waals surface area contributed by atoms with Crippen molar-refractivity contribution in [2.75, 3.05) is 26.2 Å². The van der Waals surface area contributed by atoms with Crippen LogP contribution in [0.2, 0.25) is 0 Å². The van der Waals surface area contributed by atoms with E-state index in [1.54, 1.807) is 4.90 Å². The highest BCUT2D eigenvalue weighted by atomic mass is 16.6. The third kappa shape index (κ3) is 4.26. The molecule has 0 spiro atoms. The summed E-state index contributed by atoms with van der Waals surface area (Å²) in [7, 11) is 0. The van der Waals surface area contributed by atoms with Gasteiger partial charge in [-0.25, -0.2) is 4.79 Å². The summed E-state index contributed by atoms with van der Waals surface area (Å²) in [6.45, 7) is 4.08. The highest BCUT2D eigenvalue weighted by Crippen LogP contribution is 2.06. The first-order chi connectivity index (χ1) is 9.65. The van der Waals surface area contributed by atoms with Crippen LogP contribution in [-0.4, -0.2) is 43.1 Å². The van der Waals surface area contributed by atoms with Crippen molar-refractivity contribution < 1.29 is 14.3 Å².